The minimum Gasteiger partial charge on any atom is -0.486 e. The summed E-state index contributed by atoms with van der Waals surface area (Å²) in [6.07, 6.45) is 5.31. The first kappa shape index (κ1) is 14.0. The van der Waals surface area contributed by atoms with Gasteiger partial charge in [-0.05, 0) is 42.7 Å². The smallest absolute Gasteiger partial charge is 0.183 e. The van der Waals surface area contributed by atoms with E-state index in [1.165, 1.54) is 11.8 Å². The fourth-order valence-corrected chi connectivity index (χ4v) is 1.80. The number of ether oxygens (including phenoxy) is 1. The summed E-state index contributed by atoms with van der Waals surface area (Å²) in [7, 11) is 0. The van der Waals surface area contributed by atoms with E-state index < -0.39 is 0 Å². The molecule has 2 aromatic rings. The van der Waals surface area contributed by atoms with Crippen molar-refractivity contribution < 1.29 is 9.15 Å². The standard InChI is InChI=1S/C14H13N3O2S/c1-20-14(16-10-15)17-11-4-6-12(7-5-11)19-9-13-3-2-8-18-13/h2-8H,9H2,1H3,(H,16,17). The molecule has 2 rings (SSSR count). The van der Waals surface area contributed by atoms with E-state index in [4.69, 9.17) is 14.4 Å². The molecule has 0 fully saturated rings. The predicted molar refractivity (Wildman–Crippen MR) is 78.8 cm³/mol. The van der Waals surface area contributed by atoms with Crippen LogP contribution in [0.4, 0.5) is 5.69 Å². The highest BCUT2D eigenvalue weighted by Gasteiger charge is 2.00. The Hall–Kier alpha value is -2.39. The molecular formula is C14H13N3O2S. The molecule has 0 aliphatic carbocycles. The summed E-state index contributed by atoms with van der Waals surface area (Å²) in [6.45, 7) is 0.391. The molecule has 0 aliphatic rings. The summed E-state index contributed by atoms with van der Waals surface area (Å²) in [5.41, 5.74) is 0.752. The van der Waals surface area contributed by atoms with E-state index in [0.29, 0.717) is 11.8 Å². The SMILES string of the molecule is CSC(=Nc1ccc(OCc2ccco2)cc1)NC#N. The van der Waals surface area contributed by atoms with Crippen molar-refractivity contribution in [3.8, 4) is 11.9 Å². The fraction of sp³-hybridized carbons (Fsp3) is 0.143. The van der Waals surface area contributed by atoms with Crippen LogP contribution < -0.4 is 10.1 Å². The van der Waals surface area contributed by atoms with Gasteiger partial charge >= 0.3 is 0 Å². The van der Waals surface area contributed by atoms with Gasteiger partial charge in [0.05, 0.1) is 12.0 Å². The molecule has 6 heteroatoms. The molecular weight excluding hydrogens is 274 g/mol. The normalized spacial score (nSPS) is 10.9. The average Bonchev–Trinajstić information content (AvgIpc) is 2.99. The van der Waals surface area contributed by atoms with Crippen LogP contribution in [-0.4, -0.2) is 11.4 Å². The van der Waals surface area contributed by atoms with Gasteiger partial charge in [0, 0.05) is 0 Å². The first-order valence-corrected chi connectivity index (χ1v) is 7.07. The molecule has 0 aliphatic heterocycles. The Balaban J connectivity index is 1.97. The lowest BCUT2D eigenvalue weighted by molar-refractivity contribution is 0.270. The van der Waals surface area contributed by atoms with Crippen LogP contribution >= 0.6 is 11.8 Å². The Bertz CT molecular complexity index is 600. The summed E-state index contributed by atoms with van der Waals surface area (Å²) < 4.78 is 10.8. The Morgan fingerprint density at radius 2 is 2.20 bits per heavy atom. The van der Waals surface area contributed by atoms with Gasteiger partial charge in [0.15, 0.2) is 11.4 Å². The number of hydrogen-bond donors (Lipinski definition) is 1. The summed E-state index contributed by atoms with van der Waals surface area (Å²) in [5.74, 6) is 1.51. The molecule has 0 amide bonds. The molecule has 0 bridgehead atoms. The van der Waals surface area contributed by atoms with Crippen molar-refractivity contribution in [2.75, 3.05) is 6.26 Å². The quantitative estimate of drug-likeness (QED) is 0.404. The molecule has 1 heterocycles. The van der Waals surface area contributed by atoms with Crippen molar-refractivity contribution in [2.24, 2.45) is 4.99 Å². The molecule has 0 atom stereocenters. The van der Waals surface area contributed by atoms with E-state index in [1.54, 1.807) is 6.26 Å². The zero-order valence-electron chi connectivity index (χ0n) is 10.9. The van der Waals surface area contributed by atoms with E-state index in [0.717, 1.165) is 17.2 Å². The van der Waals surface area contributed by atoms with Crippen LogP contribution in [0.15, 0.2) is 52.1 Å². The van der Waals surface area contributed by atoms with Crippen molar-refractivity contribution in [1.82, 2.24) is 5.32 Å². The van der Waals surface area contributed by atoms with Crippen LogP contribution in [0.1, 0.15) is 5.76 Å². The number of nitrogens with one attached hydrogen (secondary N) is 1. The van der Waals surface area contributed by atoms with Crippen LogP contribution in [-0.2, 0) is 6.61 Å². The third kappa shape index (κ3) is 4.07. The average molecular weight is 287 g/mol. The summed E-state index contributed by atoms with van der Waals surface area (Å²) in [5, 5.41) is 11.6. The second-order valence-electron chi connectivity index (χ2n) is 3.72. The van der Waals surface area contributed by atoms with E-state index in [2.05, 4.69) is 10.3 Å². The second kappa shape index (κ2) is 7.26. The van der Waals surface area contributed by atoms with Crippen LogP contribution in [0, 0.1) is 11.5 Å². The zero-order chi connectivity index (χ0) is 14.2. The van der Waals surface area contributed by atoms with E-state index in [9.17, 15) is 0 Å². The van der Waals surface area contributed by atoms with Gasteiger partial charge in [-0.2, -0.15) is 5.26 Å². The Morgan fingerprint density at radius 3 is 2.80 bits per heavy atom. The third-order valence-electron chi connectivity index (χ3n) is 2.38. The van der Waals surface area contributed by atoms with Crippen LogP contribution in [0.25, 0.3) is 0 Å². The molecule has 1 N–H and O–H groups in total. The Morgan fingerprint density at radius 1 is 1.40 bits per heavy atom. The van der Waals surface area contributed by atoms with Crippen molar-refractivity contribution >= 4 is 22.6 Å². The van der Waals surface area contributed by atoms with Crippen LogP contribution in [0.2, 0.25) is 0 Å². The highest BCUT2D eigenvalue weighted by Crippen LogP contribution is 2.20. The predicted octanol–water partition coefficient (Wildman–Crippen LogP) is 3.28. The zero-order valence-corrected chi connectivity index (χ0v) is 11.7. The van der Waals surface area contributed by atoms with Crippen LogP contribution in [0.5, 0.6) is 5.75 Å². The monoisotopic (exact) mass is 287 g/mol. The maximum absolute atomic E-state index is 8.57. The number of furan rings is 1. The van der Waals surface area contributed by atoms with Gasteiger partial charge in [-0.25, -0.2) is 4.99 Å². The van der Waals surface area contributed by atoms with Gasteiger partial charge in [-0.1, -0.05) is 11.8 Å². The highest BCUT2D eigenvalue weighted by molar-refractivity contribution is 8.13. The number of nitriles is 1. The second-order valence-corrected chi connectivity index (χ2v) is 4.51. The van der Waals surface area contributed by atoms with Gasteiger partial charge in [0.1, 0.15) is 18.1 Å². The number of rotatable bonds is 4. The molecule has 0 saturated heterocycles. The lowest BCUT2D eigenvalue weighted by Crippen LogP contribution is -2.12. The van der Waals surface area contributed by atoms with Gasteiger partial charge in [-0.3, -0.25) is 5.32 Å². The molecule has 20 heavy (non-hydrogen) atoms. The van der Waals surface area contributed by atoms with Crippen molar-refractivity contribution in [3.05, 3.63) is 48.4 Å². The molecule has 0 spiro atoms. The number of benzene rings is 1. The van der Waals surface area contributed by atoms with Gasteiger partial charge < -0.3 is 9.15 Å². The third-order valence-corrected chi connectivity index (χ3v) is 2.96. The van der Waals surface area contributed by atoms with Crippen LogP contribution in [0.3, 0.4) is 0 Å². The summed E-state index contributed by atoms with van der Waals surface area (Å²) in [4.78, 5) is 4.29. The number of amidine groups is 1. The maximum atomic E-state index is 8.57. The molecule has 0 saturated carbocycles. The van der Waals surface area contributed by atoms with Crippen molar-refractivity contribution in [1.29, 1.82) is 5.26 Å². The lowest BCUT2D eigenvalue weighted by Gasteiger charge is -2.04. The van der Waals surface area contributed by atoms with E-state index in [1.807, 2.05) is 48.8 Å². The van der Waals surface area contributed by atoms with Crippen molar-refractivity contribution in [3.63, 3.8) is 0 Å². The molecule has 1 aromatic heterocycles. The number of nitrogens with zero attached hydrogens (tertiary/aromatic N) is 2. The molecule has 102 valence electrons. The summed E-state index contributed by atoms with van der Waals surface area (Å²) in [6, 6.07) is 11.0. The minimum absolute atomic E-state index is 0.391. The van der Waals surface area contributed by atoms with Crippen molar-refractivity contribution in [2.45, 2.75) is 6.61 Å². The first-order chi connectivity index (χ1) is 9.81. The molecule has 1 aromatic carbocycles. The molecule has 0 unspecified atom stereocenters. The fourth-order valence-electron chi connectivity index (χ4n) is 1.46. The Labute approximate surface area is 121 Å². The lowest BCUT2D eigenvalue weighted by atomic mass is 10.3. The summed E-state index contributed by atoms with van der Waals surface area (Å²) >= 11 is 1.37. The minimum atomic E-state index is 0.391. The first-order valence-electron chi connectivity index (χ1n) is 5.85. The number of thioether (sulfide) groups is 1. The van der Waals surface area contributed by atoms with E-state index >= 15 is 0 Å². The maximum Gasteiger partial charge on any atom is 0.183 e. The van der Waals surface area contributed by atoms with E-state index in [-0.39, 0.29) is 0 Å². The topological polar surface area (TPSA) is 70.6 Å². The number of hydrogen-bond acceptors (Lipinski definition) is 5. The Kier molecular flexibility index (Phi) is 5.09. The van der Waals surface area contributed by atoms with Gasteiger partial charge in [0.2, 0.25) is 0 Å². The van der Waals surface area contributed by atoms with Gasteiger partial charge in [-0.15, -0.1) is 0 Å². The largest absolute Gasteiger partial charge is 0.486 e. The number of aliphatic imine (C=N–C) groups is 1. The molecule has 5 nitrogen and oxygen atoms in total. The van der Waals surface area contributed by atoms with Gasteiger partial charge in [0.25, 0.3) is 0 Å². The highest BCUT2D eigenvalue weighted by atomic mass is 32.2. The molecule has 0 radical (unpaired) electrons.